The van der Waals surface area contributed by atoms with Crippen molar-refractivity contribution >= 4 is 11.8 Å². The highest BCUT2D eigenvalue weighted by molar-refractivity contribution is 7.99. The molecule has 0 amide bonds. The van der Waals surface area contributed by atoms with Gasteiger partial charge in [-0.3, -0.25) is 0 Å². The van der Waals surface area contributed by atoms with E-state index in [2.05, 4.69) is 30.3 Å². The van der Waals surface area contributed by atoms with Gasteiger partial charge < -0.3 is 4.57 Å². The zero-order chi connectivity index (χ0) is 8.97. The molecule has 68 valence electrons. The fraction of sp³-hybridized carbons (Fsp3) is 0.667. The second-order valence-electron chi connectivity index (χ2n) is 3.03. The average Bonchev–Trinajstić information content (AvgIpc) is 2.47. The van der Waals surface area contributed by atoms with Crippen LogP contribution in [-0.2, 0) is 12.3 Å². The Labute approximate surface area is 78.4 Å². The maximum Gasteiger partial charge on any atom is 0.0948 e. The lowest BCUT2D eigenvalue weighted by Crippen LogP contribution is -1.98. The quantitative estimate of drug-likeness (QED) is 0.715. The summed E-state index contributed by atoms with van der Waals surface area (Å²) in [5, 5.41) is 0.699. The number of hydrogen-bond acceptors (Lipinski definition) is 2. The van der Waals surface area contributed by atoms with Crippen LogP contribution in [0.25, 0.3) is 0 Å². The predicted molar refractivity (Wildman–Crippen MR) is 54.3 cm³/mol. The molecule has 2 nitrogen and oxygen atoms in total. The van der Waals surface area contributed by atoms with Crippen LogP contribution in [0.4, 0.5) is 0 Å². The Morgan fingerprint density at radius 2 is 2.33 bits per heavy atom. The molecule has 1 rings (SSSR count). The van der Waals surface area contributed by atoms with Crippen LogP contribution in [0.5, 0.6) is 0 Å². The molecule has 12 heavy (non-hydrogen) atoms. The lowest BCUT2D eigenvalue weighted by Gasteiger charge is -2.06. The molecule has 0 fully saturated rings. The van der Waals surface area contributed by atoms with Crippen molar-refractivity contribution in [1.29, 1.82) is 0 Å². The van der Waals surface area contributed by atoms with Crippen molar-refractivity contribution in [2.75, 3.05) is 0 Å². The van der Waals surface area contributed by atoms with E-state index < -0.39 is 0 Å². The maximum atomic E-state index is 4.12. The highest BCUT2D eigenvalue weighted by atomic mass is 32.2. The van der Waals surface area contributed by atoms with E-state index in [4.69, 9.17) is 0 Å². The first-order valence-electron chi connectivity index (χ1n) is 4.34. The number of hydrogen-bond donors (Lipinski definition) is 0. The summed E-state index contributed by atoms with van der Waals surface area (Å²) < 4.78 is 2.19. The topological polar surface area (TPSA) is 17.8 Å². The highest BCUT2D eigenvalue weighted by Gasteiger charge is 2.01. The number of thioether (sulfide) groups is 1. The Kier molecular flexibility index (Phi) is 3.66. The van der Waals surface area contributed by atoms with Gasteiger partial charge in [-0.05, 0) is 12.2 Å². The minimum absolute atomic E-state index is 0.699. The third-order valence-corrected chi connectivity index (χ3v) is 2.83. The molecule has 3 heteroatoms. The van der Waals surface area contributed by atoms with Gasteiger partial charge in [-0.15, -0.1) is 0 Å². The third-order valence-electron chi connectivity index (χ3n) is 1.70. The average molecular weight is 184 g/mol. The number of imidazole rings is 1. The van der Waals surface area contributed by atoms with Crippen LogP contribution in [-0.4, -0.2) is 14.8 Å². The Morgan fingerprint density at radius 1 is 1.58 bits per heavy atom. The summed E-state index contributed by atoms with van der Waals surface area (Å²) >= 11 is 1.96. The fourth-order valence-electron chi connectivity index (χ4n) is 1.01. The Hall–Kier alpha value is -0.440. The van der Waals surface area contributed by atoms with Crippen molar-refractivity contribution < 1.29 is 0 Å². The predicted octanol–water partition coefficient (Wildman–Crippen LogP) is 2.54. The van der Waals surface area contributed by atoms with E-state index in [1.165, 1.54) is 5.69 Å². The SMILES string of the molecule is CCn1cncc1CSC(C)C. The van der Waals surface area contributed by atoms with Gasteiger partial charge in [0.15, 0.2) is 0 Å². The van der Waals surface area contributed by atoms with E-state index in [0.717, 1.165) is 12.3 Å². The largest absolute Gasteiger partial charge is 0.334 e. The molecule has 0 atom stereocenters. The number of rotatable bonds is 4. The van der Waals surface area contributed by atoms with E-state index in [1.54, 1.807) is 0 Å². The highest BCUT2D eigenvalue weighted by Crippen LogP contribution is 2.16. The van der Waals surface area contributed by atoms with Gasteiger partial charge >= 0.3 is 0 Å². The van der Waals surface area contributed by atoms with Crippen LogP contribution in [0.1, 0.15) is 26.5 Å². The monoisotopic (exact) mass is 184 g/mol. The normalized spacial score (nSPS) is 11.0. The molecular weight excluding hydrogens is 168 g/mol. The minimum atomic E-state index is 0.699. The molecule has 0 aliphatic heterocycles. The summed E-state index contributed by atoms with van der Waals surface area (Å²) in [5.74, 6) is 1.07. The third kappa shape index (κ3) is 2.55. The van der Waals surface area contributed by atoms with Gasteiger partial charge in [-0.2, -0.15) is 11.8 Å². The number of aryl methyl sites for hydroxylation is 1. The van der Waals surface area contributed by atoms with Crippen LogP contribution in [0.3, 0.4) is 0 Å². The van der Waals surface area contributed by atoms with Crippen molar-refractivity contribution in [2.24, 2.45) is 0 Å². The van der Waals surface area contributed by atoms with Crippen molar-refractivity contribution in [3.8, 4) is 0 Å². The lowest BCUT2D eigenvalue weighted by atomic mass is 10.5. The molecule has 0 saturated carbocycles. The molecule has 0 bridgehead atoms. The molecule has 1 aromatic heterocycles. The first-order chi connectivity index (χ1) is 5.74. The van der Waals surface area contributed by atoms with Crippen LogP contribution < -0.4 is 0 Å². The summed E-state index contributed by atoms with van der Waals surface area (Å²) in [7, 11) is 0. The van der Waals surface area contributed by atoms with Gasteiger partial charge in [-0.25, -0.2) is 4.98 Å². The molecule has 1 aromatic rings. The first kappa shape index (κ1) is 9.65. The molecule has 0 N–H and O–H groups in total. The smallest absolute Gasteiger partial charge is 0.0948 e. The van der Waals surface area contributed by atoms with Gasteiger partial charge in [0.2, 0.25) is 0 Å². The number of nitrogens with zero attached hydrogens (tertiary/aromatic N) is 2. The summed E-state index contributed by atoms with van der Waals surface area (Å²) in [4.78, 5) is 4.12. The Balaban J connectivity index is 2.50. The fourth-order valence-corrected chi connectivity index (χ4v) is 1.75. The maximum absolute atomic E-state index is 4.12. The summed E-state index contributed by atoms with van der Waals surface area (Å²) in [6, 6.07) is 0. The van der Waals surface area contributed by atoms with Gasteiger partial charge in [0, 0.05) is 24.2 Å². The summed E-state index contributed by atoms with van der Waals surface area (Å²) in [6.07, 6.45) is 3.86. The summed E-state index contributed by atoms with van der Waals surface area (Å²) in [6.45, 7) is 7.61. The lowest BCUT2D eigenvalue weighted by molar-refractivity contribution is 0.733. The second kappa shape index (κ2) is 4.55. The minimum Gasteiger partial charge on any atom is -0.334 e. The van der Waals surface area contributed by atoms with Gasteiger partial charge in [-0.1, -0.05) is 13.8 Å². The Morgan fingerprint density at radius 3 is 2.92 bits per heavy atom. The van der Waals surface area contributed by atoms with Crippen molar-refractivity contribution in [3.05, 3.63) is 18.2 Å². The van der Waals surface area contributed by atoms with Crippen LogP contribution >= 0.6 is 11.8 Å². The van der Waals surface area contributed by atoms with Crippen molar-refractivity contribution in [1.82, 2.24) is 9.55 Å². The Bertz CT molecular complexity index is 230. The molecule has 1 heterocycles. The molecule has 0 aromatic carbocycles. The van der Waals surface area contributed by atoms with E-state index in [9.17, 15) is 0 Å². The molecule has 0 spiro atoms. The molecule has 0 saturated heterocycles. The molecule has 0 unspecified atom stereocenters. The van der Waals surface area contributed by atoms with Gasteiger partial charge in [0.05, 0.1) is 6.33 Å². The van der Waals surface area contributed by atoms with E-state index >= 15 is 0 Å². The van der Waals surface area contributed by atoms with Crippen LogP contribution in [0, 0.1) is 0 Å². The number of aromatic nitrogens is 2. The van der Waals surface area contributed by atoms with Crippen LogP contribution in [0.15, 0.2) is 12.5 Å². The summed E-state index contributed by atoms with van der Waals surface area (Å²) in [5.41, 5.74) is 1.33. The second-order valence-corrected chi connectivity index (χ2v) is 4.60. The molecule has 0 aliphatic rings. The van der Waals surface area contributed by atoms with E-state index in [-0.39, 0.29) is 0 Å². The molecule has 0 radical (unpaired) electrons. The van der Waals surface area contributed by atoms with Gasteiger partial charge in [0.25, 0.3) is 0 Å². The van der Waals surface area contributed by atoms with Gasteiger partial charge in [0.1, 0.15) is 0 Å². The van der Waals surface area contributed by atoms with Crippen LogP contribution in [0.2, 0.25) is 0 Å². The van der Waals surface area contributed by atoms with E-state index in [1.807, 2.05) is 24.3 Å². The van der Waals surface area contributed by atoms with Crippen molar-refractivity contribution in [3.63, 3.8) is 0 Å². The standard InChI is InChI=1S/C9H16N2S/c1-4-11-7-10-5-9(11)6-12-8(2)3/h5,7-8H,4,6H2,1-3H3. The molecular formula is C9H16N2S. The zero-order valence-electron chi connectivity index (χ0n) is 7.95. The molecule has 0 aliphatic carbocycles. The first-order valence-corrected chi connectivity index (χ1v) is 5.39. The zero-order valence-corrected chi connectivity index (χ0v) is 8.77. The van der Waals surface area contributed by atoms with Crippen molar-refractivity contribution in [2.45, 2.75) is 38.3 Å². The van der Waals surface area contributed by atoms with E-state index in [0.29, 0.717) is 5.25 Å².